The first kappa shape index (κ1) is 26.6. The minimum atomic E-state index is -0.593. The number of hydrogen-bond acceptors (Lipinski definition) is 8. The third-order valence-corrected chi connectivity index (χ3v) is 6.68. The van der Waals surface area contributed by atoms with Crippen molar-refractivity contribution in [3.63, 3.8) is 0 Å². The van der Waals surface area contributed by atoms with Crippen LogP contribution in [-0.4, -0.2) is 35.0 Å². The second-order valence-electron chi connectivity index (χ2n) is 9.54. The Labute approximate surface area is 232 Å². The van der Waals surface area contributed by atoms with E-state index in [1.165, 1.54) is 24.3 Å². The second-order valence-corrected chi connectivity index (χ2v) is 9.54. The summed E-state index contributed by atoms with van der Waals surface area (Å²) in [5.41, 5.74) is 3.39. The third kappa shape index (κ3) is 4.68. The first-order valence-corrected chi connectivity index (χ1v) is 13.1. The minimum Gasteiger partial charge on any atom is -0.507 e. The van der Waals surface area contributed by atoms with Gasteiger partial charge in [0.25, 0.3) is 0 Å². The minimum absolute atomic E-state index is 0.0283. The van der Waals surface area contributed by atoms with Crippen LogP contribution in [-0.2, 0) is 0 Å². The molecule has 8 heteroatoms. The van der Waals surface area contributed by atoms with Crippen LogP contribution in [0.4, 0.5) is 22.7 Å². The molecule has 0 aromatic heterocycles. The van der Waals surface area contributed by atoms with E-state index in [9.17, 15) is 19.8 Å². The van der Waals surface area contributed by atoms with Crippen molar-refractivity contribution in [3.05, 3.63) is 94.0 Å². The quantitative estimate of drug-likeness (QED) is 0.160. The van der Waals surface area contributed by atoms with Gasteiger partial charge in [0.15, 0.2) is 0 Å². The molecule has 4 aromatic carbocycles. The summed E-state index contributed by atoms with van der Waals surface area (Å²) in [6, 6.07) is 17.0. The highest BCUT2D eigenvalue weighted by Gasteiger charge is 2.38. The first-order chi connectivity index (χ1) is 19.2. The number of rotatable bonds is 8. The van der Waals surface area contributed by atoms with E-state index in [4.69, 9.17) is 9.47 Å². The predicted molar refractivity (Wildman–Crippen MR) is 154 cm³/mol. The van der Waals surface area contributed by atoms with E-state index in [2.05, 4.69) is 10.6 Å². The van der Waals surface area contributed by atoms with Crippen LogP contribution >= 0.6 is 0 Å². The zero-order valence-electron chi connectivity index (χ0n) is 22.7. The highest BCUT2D eigenvalue weighted by Crippen LogP contribution is 2.44. The molecule has 4 aromatic rings. The van der Waals surface area contributed by atoms with Gasteiger partial charge in [0.1, 0.15) is 23.0 Å². The van der Waals surface area contributed by atoms with Gasteiger partial charge in [-0.05, 0) is 87.4 Å². The Morgan fingerprint density at radius 2 is 0.975 bits per heavy atom. The molecule has 0 heterocycles. The van der Waals surface area contributed by atoms with Crippen LogP contribution in [0.1, 0.15) is 56.8 Å². The number of aryl methyl sites for hydroxylation is 2. The van der Waals surface area contributed by atoms with Crippen molar-refractivity contribution in [2.24, 2.45) is 0 Å². The van der Waals surface area contributed by atoms with Crippen LogP contribution in [0.15, 0.2) is 60.7 Å². The molecule has 0 atom stereocenters. The van der Waals surface area contributed by atoms with Crippen molar-refractivity contribution in [3.8, 4) is 23.0 Å². The fraction of sp³-hybridized carbons (Fsp3) is 0.188. The number of carbonyl (C=O) groups excluding carboxylic acids is 2. The van der Waals surface area contributed by atoms with Crippen LogP contribution in [0.3, 0.4) is 0 Å². The molecule has 0 saturated carbocycles. The topological polar surface area (TPSA) is 117 Å². The molecule has 0 bridgehead atoms. The molecule has 40 heavy (non-hydrogen) atoms. The molecule has 5 rings (SSSR count). The molecule has 1 aliphatic rings. The molecule has 4 N–H and O–H groups in total. The van der Waals surface area contributed by atoms with Crippen molar-refractivity contribution in [1.29, 1.82) is 0 Å². The maximum atomic E-state index is 14.0. The van der Waals surface area contributed by atoms with Crippen LogP contribution in [0.2, 0.25) is 0 Å². The van der Waals surface area contributed by atoms with Crippen LogP contribution in [0.25, 0.3) is 0 Å². The summed E-state index contributed by atoms with van der Waals surface area (Å²) in [6.45, 7) is 8.46. The molecule has 0 spiro atoms. The van der Waals surface area contributed by atoms with Crippen molar-refractivity contribution >= 4 is 34.3 Å². The molecule has 0 unspecified atom stereocenters. The Kier molecular flexibility index (Phi) is 7.09. The van der Waals surface area contributed by atoms with Gasteiger partial charge < -0.3 is 30.3 Å². The fourth-order valence-corrected chi connectivity index (χ4v) is 4.91. The van der Waals surface area contributed by atoms with Gasteiger partial charge in [-0.1, -0.05) is 12.1 Å². The molecule has 0 aliphatic heterocycles. The molecule has 8 nitrogen and oxygen atoms in total. The number of carbonyl (C=O) groups is 2. The number of phenolic OH excluding ortho intramolecular Hbond substituents is 2. The van der Waals surface area contributed by atoms with Gasteiger partial charge in [-0.3, -0.25) is 9.59 Å². The molecule has 0 saturated heterocycles. The van der Waals surface area contributed by atoms with Crippen molar-refractivity contribution < 1.29 is 29.3 Å². The lowest BCUT2D eigenvalue weighted by Crippen LogP contribution is -2.24. The Hall–Kier alpha value is -4.98. The van der Waals surface area contributed by atoms with Gasteiger partial charge >= 0.3 is 0 Å². The lowest BCUT2D eigenvalue weighted by molar-refractivity contribution is 0.0975. The van der Waals surface area contributed by atoms with Gasteiger partial charge in [-0.25, -0.2) is 0 Å². The number of nitrogens with one attached hydrogen (secondary N) is 2. The second kappa shape index (κ2) is 10.6. The summed E-state index contributed by atoms with van der Waals surface area (Å²) in [5.74, 6) is -0.713. The molecule has 204 valence electrons. The SMILES string of the molecule is CCOc1ccc(C)cc1Nc1ccc(O)c2c1C(=O)c1c(O)ccc(Nc3cc(C)ccc3OCC)c1C2=O. The van der Waals surface area contributed by atoms with E-state index >= 15 is 0 Å². The molecular weight excluding hydrogens is 508 g/mol. The highest BCUT2D eigenvalue weighted by molar-refractivity contribution is 6.33. The summed E-state index contributed by atoms with van der Waals surface area (Å²) in [7, 11) is 0. The standard InChI is InChI=1S/C32H30N2O6/c1-5-39-25-13-7-17(3)15-21(25)33-19-9-11-23(35)29-27(19)31(37)30-24(36)12-10-20(28(30)32(29)38)34-22-16-18(4)8-14-26(22)40-6-2/h7-16,33-36H,5-6H2,1-4H3. The van der Waals surface area contributed by atoms with Crippen molar-refractivity contribution in [2.45, 2.75) is 27.7 Å². The smallest absolute Gasteiger partial charge is 0.200 e. The van der Waals surface area contributed by atoms with Gasteiger partial charge in [-0.15, -0.1) is 0 Å². The summed E-state index contributed by atoms with van der Waals surface area (Å²) in [5, 5.41) is 28.1. The van der Waals surface area contributed by atoms with E-state index in [0.29, 0.717) is 47.5 Å². The Morgan fingerprint density at radius 1 is 0.575 bits per heavy atom. The number of ketones is 2. The van der Waals surface area contributed by atoms with E-state index in [-0.39, 0.29) is 33.8 Å². The third-order valence-electron chi connectivity index (χ3n) is 6.68. The Balaban J connectivity index is 1.64. The molecule has 0 fully saturated rings. The van der Waals surface area contributed by atoms with Crippen LogP contribution in [0.5, 0.6) is 23.0 Å². The summed E-state index contributed by atoms with van der Waals surface area (Å²) < 4.78 is 11.5. The van der Waals surface area contributed by atoms with Gasteiger partial charge in [0.05, 0.1) is 58.2 Å². The summed E-state index contributed by atoms with van der Waals surface area (Å²) in [6.07, 6.45) is 0. The van der Waals surface area contributed by atoms with Crippen LogP contribution < -0.4 is 20.1 Å². The Bertz CT molecular complexity index is 1540. The van der Waals surface area contributed by atoms with E-state index in [1.807, 2.05) is 64.1 Å². The van der Waals surface area contributed by atoms with Gasteiger partial charge in [0.2, 0.25) is 11.6 Å². The zero-order valence-corrected chi connectivity index (χ0v) is 22.7. The largest absolute Gasteiger partial charge is 0.507 e. The van der Waals surface area contributed by atoms with Gasteiger partial charge in [0, 0.05) is 0 Å². The molecule has 1 aliphatic carbocycles. The highest BCUT2D eigenvalue weighted by atomic mass is 16.5. The number of fused-ring (bicyclic) bond motifs is 2. The average molecular weight is 539 g/mol. The fourth-order valence-electron chi connectivity index (χ4n) is 4.91. The van der Waals surface area contributed by atoms with Gasteiger partial charge in [-0.2, -0.15) is 0 Å². The normalized spacial score (nSPS) is 12.0. The zero-order chi connectivity index (χ0) is 28.6. The van der Waals surface area contributed by atoms with Crippen molar-refractivity contribution in [2.75, 3.05) is 23.8 Å². The summed E-state index contributed by atoms with van der Waals surface area (Å²) in [4.78, 5) is 28.0. The maximum absolute atomic E-state index is 14.0. The van der Waals surface area contributed by atoms with E-state index < -0.39 is 11.6 Å². The molecular formula is C32H30N2O6. The molecule has 0 amide bonds. The molecule has 0 radical (unpaired) electrons. The first-order valence-electron chi connectivity index (χ1n) is 13.1. The predicted octanol–water partition coefficient (Wildman–Crippen LogP) is 6.77. The van der Waals surface area contributed by atoms with Crippen molar-refractivity contribution in [1.82, 2.24) is 0 Å². The monoisotopic (exact) mass is 538 g/mol. The maximum Gasteiger partial charge on any atom is 0.200 e. The Morgan fingerprint density at radius 3 is 1.35 bits per heavy atom. The summed E-state index contributed by atoms with van der Waals surface area (Å²) >= 11 is 0. The number of hydrogen-bond donors (Lipinski definition) is 4. The van der Waals surface area contributed by atoms with Crippen LogP contribution in [0, 0.1) is 13.8 Å². The average Bonchev–Trinajstić information content (AvgIpc) is 2.92. The number of phenols is 2. The number of aromatic hydroxyl groups is 2. The number of benzene rings is 4. The van der Waals surface area contributed by atoms with E-state index in [0.717, 1.165) is 11.1 Å². The number of anilines is 4. The van der Waals surface area contributed by atoms with E-state index in [1.54, 1.807) is 0 Å². The lowest BCUT2D eigenvalue weighted by Gasteiger charge is -2.25. The lowest BCUT2D eigenvalue weighted by atomic mass is 9.81. The number of ether oxygens (including phenoxy) is 2.